The predicted octanol–water partition coefficient (Wildman–Crippen LogP) is 3.64. The average Bonchev–Trinajstić information content (AvgIpc) is 2.61. The zero-order chi connectivity index (χ0) is 18.6. The van der Waals surface area contributed by atoms with Crippen LogP contribution in [0.5, 0.6) is 0 Å². The van der Waals surface area contributed by atoms with E-state index in [4.69, 9.17) is 4.98 Å². The summed E-state index contributed by atoms with van der Waals surface area (Å²) in [7, 11) is 0. The number of hydrogen-bond acceptors (Lipinski definition) is 3. The van der Waals surface area contributed by atoms with Crippen molar-refractivity contribution in [2.24, 2.45) is 0 Å². The Morgan fingerprint density at radius 3 is 2.50 bits per heavy atom. The van der Waals surface area contributed by atoms with Crippen molar-refractivity contribution in [3.63, 3.8) is 0 Å². The van der Waals surface area contributed by atoms with Crippen molar-refractivity contribution in [3.05, 3.63) is 61.7 Å². The van der Waals surface area contributed by atoms with Crippen LogP contribution in [0, 0.1) is 26.6 Å². The molecule has 0 radical (unpaired) electrons. The molecule has 4 rings (SSSR count). The van der Waals surface area contributed by atoms with Gasteiger partial charge >= 0.3 is 0 Å². The maximum Gasteiger partial charge on any atom is 0.254 e. The zero-order valence-electron chi connectivity index (χ0n) is 15.2. The van der Waals surface area contributed by atoms with Gasteiger partial charge in [-0.3, -0.25) is 4.79 Å². The van der Waals surface area contributed by atoms with Gasteiger partial charge in [-0.1, -0.05) is 0 Å². The number of benzene rings is 1. The molecule has 134 valence electrons. The van der Waals surface area contributed by atoms with E-state index in [1.165, 1.54) is 11.6 Å². The van der Waals surface area contributed by atoms with Crippen molar-refractivity contribution in [1.82, 2.24) is 9.97 Å². The van der Waals surface area contributed by atoms with Crippen molar-refractivity contribution in [3.8, 4) is 11.4 Å². The van der Waals surface area contributed by atoms with Crippen molar-refractivity contribution >= 4 is 10.9 Å². The lowest BCUT2D eigenvalue weighted by Crippen LogP contribution is -2.16. The lowest BCUT2D eigenvalue weighted by atomic mass is 9.84. The number of aliphatic hydroxyl groups is 1. The molecule has 26 heavy (non-hydrogen) atoms. The summed E-state index contributed by atoms with van der Waals surface area (Å²) in [6, 6.07) is 3.33. The molecule has 4 nitrogen and oxygen atoms in total. The molecule has 2 heterocycles. The van der Waals surface area contributed by atoms with Crippen molar-refractivity contribution in [2.45, 2.75) is 46.6 Å². The fourth-order valence-corrected chi connectivity index (χ4v) is 4.12. The van der Waals surface area contributed by atoms with E-state index in [0.717, 1.165) is 41.3 Å². The first-order chi connectivity index (χ1) is 12.4. The van der Waals surface area contributed by atoms with Gasteiger partial charge in [0.05, 0.1) is 23.5 Å². The molecule has 0 saturated carbocycles. The average molecular weight is 352 g/mol. The standard InChI is InChI=1S/C21H21FN2O2/c1-10-7-18(24-21(26)15(10)9-25)20-12(3)14-6-4-5-13-11(2)16(22)8-17(23-20)19(13)14/h7-8,25H,4-6,9H2,1-3H3,(H,24,26). The molecule has 1 aromatic carbocycles. The van der Waals surface area contributed by atoms with Crippen LogP contribution in [0.1, 0.15) is 39.8 Å². The minimum atomic E-state index is -0.312. The van der Waals surface area contributed by atoms with Gasteiger partial charge in [-0.15, -0.1) is 0 Å². The van der Waals surface area contributed by atoms with E-state index in [1.54, 1.807) is 6.92 Å². The number of aromatic nitrogens is 2. The van der Waals surface area contributed by atoms with E-state index >= 15 is 0 Å². The highest BCUT2D eigenvalue weighted by Gasteiger charge is 2.22. The summed E-state index contributed by atoms with van der Waals surface area (Å²) < 4.78 is 14.4. The molecule has 0 atom stereocenters. The first-order valence-corrected chi connectivity index (χ1v) is 8.87. The second-order valence-electron chi connectivity index (χ2n) is 7.11. The molecule has 5 heteroatoms. The summed E-state index contributed by atoms with van der Waals surface area (Å²) >= 11 is 0. The first-order valence-electron chi connectivity index (χ1n) is 8.87. The second-order valence-corrected chi connectivity index (χ2v) is 7.11. The molecule has 2 N–H and O–H groups in total. The van der Waals surface area contributed by atoms with Crippen molar-refractivity contribution in [1.29, 1.82) is 0 Å². The minimum Gasteiger partial charge on any atom is -0.391 e. The molecule has 0 aliphatic heterocycles. The Labute approximate surface area is 150 Å². The number of aliphatic hydroxyl groups excluding tert-OH is 1. The second kappa shape index (κ2) is 6.02. The molecule has 0 fully saturated rings. The number of aryl methyl sites for hydroxylation is 3. The Bertz CT molecular complexity index is 1120. The molecule has 1 aliphatic carbocycles. The van der Waals surface area contributed by atoms with Gasteiger partial charge in [-0.2, -0.15) is 0 Å². The van der Waals surface area contributed by atoms with Gasteiger partial charge < -0.3 is 10.1 Å². The van der Waals surface area contributed by atoms with Crippen LogP contribution < -0.4 is 5.56 Å². The Hall–Kier alpha value is -2.53. The van der Waals surface area contributed by atoms with Gasteiger partial charge in [0.2, 0.25) is 0 Å². The van der Waals surface area contributed by atoms with Gasteiger partial charge in [-0.25, -0.2) is 9.37 Å². The Morgan fingerprint density at radius 2 is 1.85 bits per heavy atom. The highest BCUT2D eigenvalue weighted by molar-refractivity contribution is 5.91. The molecule has 0 spiro atoms. The lowest BCUT2D eigenvalue weighted by Gasteiger charge is -2.23. The molecule has 0 bridgehead atoms. The minimum absolute atomic E-state index is 0.233. The van der Waals surface area contributed by atoms with E-state index in [-0.39, 0.29) is 18.0 Å². The van der Waals surface area contributed by atoms with Crippen LogP contribution in [-0.2, 0) is 19.4 Å². The number of hydrogen-bond donors (Lipinski definition) is 2. The van der Waals surface area contributed by atoms with E-state index in [0.29, 0.717) is 28.0 Å². The largest absolute Gasteiger partial charge is 0.391 e. The maximum absolute atomic E-state index is 14.4. The third-order valence-corrected chi connectivity index (χ3v) is 5.60. The monoisotopic (exact) mass is 352 g/mol. The fourth-order valence-electron chi connectivity index (χ4n) is 4.12. The van der Waals surface area contributed by atoms with Crippen molar-refractivity contribution < 1.29 is 9.50 Å². The molecule has 2 aromatic heterocycles. The van der Waals surface area contributed by atoms with Crippen LogP contribution in [0.4, 0.5) is 4.39 Å². The van der Waals surface area contributed by atoms with E-state index in [1.807, 2.05) is 19.9 Å². The van der Waals surface area contributed by atoms with Crippen molar-refractivity contribution in [2.75, 3.05) is 0 Å². The molecule has 0 unspecified atom stereocenters. The highest BCUT2D eigenvalue weighted by atomic mass is 19.1. The Morgan fingerprint density at radius 1 is 1.15 bits per heavy atom. The Balaban J connectivity index is 2.06. The predicted molar refractivity (Wildman–Crippen MR) is 99.9 cm³/mol. The van der Waals surface area contributed by atoms with Gasteiger partial charge in [0.25, 0.3) is 5.56 Å². The summed E-state index contributed by atoms with van der Waals surface area (Å²) in [6.45, 7) is 5.34. The van der Waals surface area contributed by atoms with Crippen LogP contribution in [0.3, 0.4) is 0 Å². The smallest absolute Gasteiger partial charge is 0.254 e. The number of nitrogens with one attached hydrogen (secondary N) is 1. The molecular weight excluding hydrogens is 331 g/mol. The number of halogens is 1. The number of pyridine rings is 2. The summed E-state index contributed by atoms with van der Waals surface area (Å²) in [5, 5.41) is 10.4. The molecule has 0 amide bonds. The van der Waals surface area contributed by atoms with Crippen LogP contribution in [0.2, 0.25) is 0 Å². The number of nitrogens with zero attached hydrogens (tertiary/aromatic N) is 1. The van der Waals surface area contributed by atoms with Gasteiger partial charge in [0.15, 0.2) is 0 Å². The number of aromatic amines is 1. The Kier molecular flexibility index (Phi) is 3.92. The van der Waals surface area contributed by atoms with Crippen LogP contribution >= 0.6 is 0 Å². The maximum atomic E-state index is 14.4. The molecular formula is C21H21FN2O2. The van der Waals surface area contributed by atoms with Gasteiger partial charge in [0, 0.05) is 17.0 Å². The number of rotatable bonds is 2. The number of H-pyrrole nitrogens is 1. The molecule has 1 aliphatic rings. The van der Waals surface area contributed by atoms with E-state index in [9.17, 15) is 14.3 Å². The molecule has 0 saturated heterocycles. The first kappa shape index (κ1) is 16.9. The van der Waals surface area contributed by atoms with Gasteiger partial charge in [-0.05, 0) is 73.9 Å². The van der Waals surface area contributed by atoms with Gasteiger partial charge in [0.1, 0.15) is 5.82 Å². The topological polar surface area (TPSA) is 66.0 Å². The SMILES string of the molecule is Cc1cc(-c2nc3cc(F)c(C)c4c3c(c2C)CCC4)[nH]c(=O)c1CO. The molecule has 3 aromatic rings. The zero-order valence-corrected chi connectivity index (χ0v) is 15.2. The fraction of sp³-hybridized carbons (Fsp3) is 0.333. The summed E-state index contributed by atoms with van der Waals surface area (Å²) in [6.07, 6.45) is 2.78. The van der Waals surface area contributed by atoms with E-state index in [2.05, 4.69) is 4.98 Å². The van der Waals surface area contributed by atoms with E-state index < -0.39 is 0 Å². The highest BCUT2D eigenvalue weighted by Crippen LogP contribution is 2.37. The van der Waals surface area contributed by atoms with Crippen LogP contribution in [0.25, 0.3) is 22.3 Å². The summed E-state index contributed by atoms with van der Waals surface area (Å²) in [5.74, 6) is -0.233. The third kappa shape index (κ3) is 2.38. The summed E-state index contributed by atoms with van der Waals surface area (Å²) in [5.41, 5.74) is 6.68. The normalized spacial score (nSPS) is 13.4. The summed E-state index contributed by atoms with van der Waals surface area (Å²) in [4.78, 5) is 19.8. The van der Waals surface area contributed by atoms with Crippen LogP contribution in [-0.4, -0.2) is 15.1 Å². The van der Waals surface area contributed by atoms with Crippen LogP contribution in [0.15, 0.2) is 16.9 Å². The lowest BCUT2D eigenvalue weighted by molar-refractivity contribution is 0.279. The quantitative estimate of drug-likeness (QED) is 0.740. The third-order valence-electron chi connectivity index (χ3n) is 5.60.